The van der Waals surface area contributed by atoms with Crippen LogP contribution >= 0.6 is 0 Å². The molecule has 2 aromatic carbocycles. The normalized spacial score (nSPS) is 13.4. The average molecular weight is 353 g/mol. The van der Waals surface area contributed by atoms with Crippen molar-refractivity contribution in [3.8, 4) is 11.5 Å². The summed E-state index contributed by atoms with van der Waals surface area (Å²) in [6, 6.07) is 13.6. The molecule has 0 saturated carbocycles. The molecule has 6 nitrogen and oxygen atoms in total. The second kappa shape index (κ2) is 8.38. The Morgan fingerprint density at radius 2 is 2.08 bits per heavy atom. The minimum Gasteiger partial charge on any atom is -0.497 e. The number of nitrogens with one attached hydrogen (secondary N) is 1. The molecule has 0 spiro atoms. The van der Waals surface area contributed by atoms with Crippen LogP contribution in [0.2, 0.25) is 0 Å². The summed E-state index contributed by atoms with van der Waals surface area (Å²) in [6.07, 6.45) is 3.68. The van der Waals surface area contributed by atoms with Gasteiger partial charge in [0.15, 0.2) is 0 Å². The first kappa shape index (κ1) is 17.8. The maximum absolute atomic E-state index is 12.2. The highest BCUT2D eigenvalue weighted by Crippen LogP contribution is 2.26. The van der Waals surface area contributed by atoms with Gasteiger partial charge in [-0.3, -0.25) is 4.79 Å². The summed E-state index contributed by atoms with van der Waals surface area (Å²) < 4.78 is 10.5. The molecule has 1 N–H and O–H groups in total. The van der Waals surface area contributed by atoms with Crippen molar-refractivity contribution in [3.05, 3.63) is 53.6 Å². The molecule has 0 aromatic heterocycles. The molecular formula is C20H23N3O3. The number of rotatable bonds is 6. The second-order valence-corrected chi connectivity index (χ2v) is 6.05. The fourth-order valence-electron chi connectivity index (χ4n) is 3.08. The Labute approximate surface area is 153 Å². The number of carbonyl (C=O) groups is 1. The number of carbonyl (C=O) groups excluding carboxylic acids is 1. The van der Waals surface area contributed by atoms with E-state index in [9.17, 15) is 4.79 Å². The van der Waals surface area contributed by atoms with E-state index in [1.54, 1.807) is 26.5 Å². The van der Waals surface area contributed by atoms with E-state index in [0.29, 0.717) is 11.5 Å². The number of ether oxygens (including phenoxy) is 2. The van der Waals surface area contributed by atoms with Gasteiger partial charge in [-0.05, 0) is 36.6 Å². The van der Waals surface area contributed by atoms with E-state index in [1.807, 2.05) is 24.3 Å². The number of anilines is 1. The predicted molar refractivity (Wildman–Crippen MR) is 102 cm³/mol. The van der Waals surface area contributed by atoms with Gasteiger partial charge in [-0.15, -0.1) is 0 Å². The van der Waals surface area contributed by atoms with Gasteiger partial charge in [0.1, 0.15) is 11.5 Å². The van der Waals surface area contributed by atoms with Crippen LogP contribution in [0.1, 0.15) is 17.5 Å². The number of hydrogen-bond acceptors (Lipinski definition) is 5. The quantitative estimate of drug-likeness (QED) is 0.640. The standard InChI is InChI=1S/C20H23N3O3/c1-25-17-10-9-16(19(12-17)26-2)13-21-22-20(24)14-23-11-5-7-15-6-3-4-8-18(15)23/h3-4,6,8-10,12-13H,5,7,11,14H2,1-2H3,(H,22,24)/b21-13-. The molecule has 26 heavy (non-hydrogen) atoms. The number of amides is 1. The molecule has 0 atom stereocenters. The van der Waals surface area contributed by atoms with Crippen molar-refractivity contribution in [1.29, 1.82) is 0 Å². The molecule has 1 heterocycles. The monoisotopic (exact) mass is 353 g/mol. The SMILES string of the molecule is COc1ccc(/C=N\NC(=O)CN2CCCc3ccccc32)c(OC)c1. The van der Waals surface area contributed by atoms with Crippen molar-refractivity contribution in [3.63, 3.8) is 0 Å². The fourth-order valence-corrected chi connectivity index (χ4v) is 3.08. The smallest absolute Gasteiger partial charge is 0.259 e. The molecule has 0 aliphatic carbocycles. The number of hydrazone groups is 1. The summed E-state index contributed by atoms with van der Waals surface area (Å²) >= 11 is 0. The molecule has 136 valence electrons. The van der Waals surface area contributed by atoms with Crippen LogP contribution in [0.3, 0.4) is 0 Å². The van der Waals surface area contributed by atoms with Crippen molar-refractivity contribution >= 4 is 17.8 Å². The third-order valence-electron chi connectivity index (χ3n) is 4.37. The van der Waals surface area contributed by atoms with E-state index in [1.165, 1.54) is 5.56 Å². The van der Waals surface area contributed by atoms with Gasteiger partial charge < -0.3 is 14.4 Å². The molecule has 1 aliphatic heterocycles. The minimum absolute atomic E-state index is 0.148. The lowest BCUT2D eigenvalue weighted by Crippen LogP contribution is -2.38. The number of aryl methyl sites for hydroxylation is 1. The number of hydrogen-bond donors (Lipinski definition) is 1. The Kier molecular flexibility index (Phi) is 5.73. The Bertz CT molecular complexity index is 805. The largest absolute Gasteiger partial charge is 0.497 e. The van der Waals surface area contributed by atoms with E-state index < -0.39 is 0 Å². The van der Waals surface area contributed by atoms with Crippen molar-refractivity contribution in [2.75, 3.05) is 32.2 Å². The van der Waals surface area contributed by atoms with E-state index in [0.717, 1.165) is 30.6 Å². The van der Waals surface area contributed by atoms with Gasteiger partial charge in [-0.1, -0.05) is 18.2 Å². The van der Waals surface area contributed by atoms with Gasteiger partial charge in [0.05, 0.1) is 27.0 Å². The summed E-state index contributed by atoms with van der Waals surface area (Å²) in [5.74, 6) is 1.18. The van der Waals surface area contributed by atoms with Crippen molar-refractivity contribution in [1.82, 2.24) is 5.43 Å². The first-order valence-corrected chi connectivity index (χ1v) is 8.58. The van der Waals surface area contributed by atoms with Crippen LogP contribution in [0.5, 0.6) is 11.5 Å². The van der Waals surface area contributed by atoms with Gasteiger partial charge >= 0.3 is 0 Å². The van der Waals surface area contributed by atoms with Crippen LogP contribution in [0, 0.1) is 0 Å². The van der Waals surface area contributed by atoms with E-state index >= 15 is 0 Å². The molecule has 0 fully saturated rings. The average Bonchev–Trinajstić information content (AvgIpc) is 2.68. The number of para-hydroxylation sites is 1. The van der Waals surface area contributed by atoms with Crippen LogP contribution in [0.25, 0.3) is 0 Å². The topological polar surface area (TPSA) is 63.2 Å². The van der Waals surface area contributed by atoms with Gasteiger partial charge in [0.2, 0.25) is 0 Å². The van der Waals surface area contributed by atoms with Gasteiger partial charge in [-0.25, -0.2) is 5.43 Å². The van der Waals surface area contributed by atoms with Crippen molar-refractivity contribution < 1.29 is 14.3 Å². The Hall–Kier alpha value is -3.02. The van der Waals surface area contributed by atoms with E-state index in [-0.39, 0.29) is 12.5 Å². The van der Waals surface area contributed by atoms with Crippen LogP contribution in [-0.4, -0.2) is 39.4 Å². The Balaban J connectivity index is 1.61. The fraction of sp³-hybridized carbons (Fsp3) is 0.300. The van der Waals surface area contributed by atoms with E-state index in [4.69, 9.17) is 9.47 Å². The van der Waals surface area contributed by atoms with Crippen LogP contribution in [-0.2, 0) is 11.2 Å². The van der Waals surface area contributed by atoms with Gasteiger partial charge in [0.25, 0.3) is 5.91 Å². The number of methoxy groups -OCH3 is 2. The molecule has 2 aromatic rings. The van der Waals surface area contributed by atoms with Crippen LogP contribution in [0.15, 0.2) is 47.6 Å². The molecular weight excluding hydrogens is 330 g/mol. The highest BCUT2D eigenvalue weighted by atomic mass is 16.5. The Morgan fingerprint density at radius 3 is 2.88 bits per heavy atom. The predicted octanol–water partition coefficient (Wildman–Crippen LogP) is 2.61. The number of nitrogens with zero attached hydrogens (tertiary/aromatic N) is 2. The maximum Gasteiger partial charge on any atom is 0.259 e. The summed E-state index contributed by atoms with van der Waals surface area (Å²) in [5, 5.41) is 4.06. The van der Waals surface area contributed by atoms with Gasteiger partial charge in [0, 0.05) is 23.9 Å². The second-order valence-electron chi connectivity index (χ2n) is 6.05. The zero-order valence-electron chi connectivity index (χ0n) is 15.1. The highest BCUT2D eigenvalue weighted by Gasteiger charge is 2.18. The number of benzene rings is 2. The third-order valence-corrected chi connectivity index (χ3v) is 4.37. The zero-order valence-corrected chi connectivity index (χ0v) is 15.1. The molecule has 6 heteroatoms. The lowest BCUT2D eigenvalue weighted by atomic mass is 10.0. The first-order valence-electron chi connectivity index (χ1n) is 8.58. The van der Waals surface area contributed by atoms with E-state index in [2.05, 4.69) is 27.6 Å². The summed E-state index contributed by atoms with van der Waals surface area (Å²) in [5.41, 5.74) is 5.78. The molecule has 0 radical (unpaired) electrons. The van der Waals surface area contributed by atoms with Crippen molar-refractivity contribution in [2.45, 2.75) is 12.8 Å². The van der Waals surface area contributed by atoms with Crippen LogP contribution < -0.4 is 19.8 Å². The summed E-state index contributed by atoms with van der Waals surface area (Å²) in [6.45, 7) is 1.16. The van der Waals surface area contributed by atoms with Gasteiger partial charge in [-0.2, -0.15) is 5.10 Å². The molecule has 0 unspecified atom stereocenters. The Morgan fingerprint density at radius 1 is 1.23 bits per heavy atom. The molecule has 0 saturated heterocycles. The van der Waals surface area contributed by atoms with Crippen LogP contribution in [0.4, 0.5) is 5.69 Å². The molecule has 1 aliphatic rings. The lowest BCUT2D eigenvalue weighted by Gasteiger charge is -2.30. The highest BCUT2D eigenvalue weighted by molar-refractivity contribution is 5.87. The molecule has 3 rings (SSSR count). The number of fused-ring (bicyclic) bond motifs is 1. The van der Waals surface area contributed by atoms with Crippen molar-refractivity contribution in [2.24, 2.45) is 5.10 Å². The minimum atomic E-state index is -0.148. The first-order chi connectivity index (χ1) is 12.7. The lowest BCUT2D eigenvalue weighted by molar-refractivity contribution is -0.119. The molecule has 0 bridgehead atoms. The third kappa shape index (κ3) is 4.14. The maximum atomic E-state index is 12.2. The summed E-state index contributed by atoms with van der Waals surface area (Å²) in [4.78, 5) is 14.3. The zero-order chi connectivity index (χ0) is 18.4. The summed E-state index contributed by atoms with van der Waals surface area (Å²) in [7, 11) is 3.18. The molecule has 1 amide bonds.